The number of nitrogens with zero attached hydrogens (tertiary/aromatic N) is 5. The van der Waals surface area contributed by atoms with Gasteiger partial charge >= 0.3 is 0 Å². The molecule has 2 saturated heterocycles. The highest BCUT2D eigenvalue weighted by molar-refractivity contribution is 5.82. The molecule has 1 amide bonds. The van der Waals surface area contributed by atoms with Crippen molar-refractivity contribution in [3.63, 3.8) is 0 Å². The van der Waals surface area contributed by atoms with Gasteiger partial charge in [-0.3, -0.25) is 4.79 Å². The lowest BCUT2D eigenvalue weighted by Crippen LogP contribution is -2.54. The minimum absolute atomic E-state index is 0.184. The normalized spacial score (nSPS) is 26.9. The molecule has 7 heteroatoms. The number of hydrogen-bond donors (Lipinski definition) is 0. The number of carbonyl (C=O) groups is 1. The first-order chi connectivity index (χ1) is 12.7. The van der Waals surface area contributed by atoms with Crippen LogP contribution in [0.1, 0.15) is 51.3 Å². The molecule has 7 nitrogen and oxygen atoms in total. The number of fused-ring (bicyclic) bond motifs is 1. The predicted molar refractivity (Wildman–Crippen MR) is 96.8 cm³/mol. The summed E-state index contributed by atoms with van der Waals surface area (Å²) in [6, 6.07) is 0.503. The summed E-state index contributed by atoms with van der Waals surface area (Å²) in [5.74, 6) is 1.94. The molecule has 5 rings (SSSR count). The van der Waals surface area contributed by atoms with Gasteiger partial charge in [-0.2, -0.15) is 4.98 Å². The highest BCUT2D eigenvalue weighted by Crippen LogP contribution is 2.43. The van der Waals surface area contributed by atoms with Gasteiger partial charge in [-0.1, -0.05) is 6.92 Å². The van der Waals surface area contributed by atoms with Crippen LogP contribution < -0.4 is 4.90 Å². The molecular weight excluding hydrogens is 330 g/mol. The van der Waals surface area contributed by atoms with Gasteiger partial charge in [0, 0.05) is 43.9 Å². The van der Waals surface area contributed by atoms with Crippen LogP contribution >= 0.6 is 0 Å². The van der Waals surface area contributed by atoms with E-state index in [-0.39, 0.29) is 5.41 Å². The van der Waals surface area contributed by atoms with E-state index in [1.807, 2.05) is 6.92 Å². The molecule has 3 aliphatic rings. The number of anilines is 1. The first-order valence-electron chi connectivity index (χ1n) is 9.82. The number of carbonyl (C=O) groups excluding carboxylic acids is 1. The number of aryl methyl sites for hydroxylation is 1. The number of likely N-dealkylation sites (tertiary alicyclic amines) is 1. The standard InChI is InChI=1S/C19H25N5O2/c1-2-14-22-16-17(20-12-21-18(16)26-14)23-9-3-7-19(10-23)8-6-15(25)24(11-19)13-4-5-13/h12-13H,2-11H2,1H3/t19-/m1/s1. The van der Waals surface area contributed by atoms with Gasteiger partial charge < -0.3 is 14.2 Å². The highest BCUT2D eigenvalue weighted by Gasteiger charge is 2.46. The molecule has 138 valence electrons. The van der Waals surface area contributed by atoms with Gasteiger partial charge in [0.25, 0.3) is 5.71 Å². The maximum atomic E-state index is 12.3. The second-order valence-electron chi connectivity index (χ2n) is 8.09. The summed E-state index contributed by atoms with van der Waals surface area (Å²) in [6.07, 6.45) is 8.66. The Morgan fingerprint density at radius 3 is 2.96 bits per heavy atom. The molecule has 0 aromatic carbocycles. The average molecular weight is 355 g/mol. The van der Waals surface area contributed by atoms with Crippen molar-refractivity contribution in [1.82, 2.24) is 19.9 Å². The van der Waals surface area contributed by atoms with E-state index < -0.39 is 0 Å². The summed E-state index contributed by atoms with van der Waals surface area (Å²) < 4.78 is 5.71. The molecule has 0 unspecified atom stereocenters. The second-order valence-corrected chi connectivity index (χ2v) is 8.09. The van der Waals surface area contributed by atoms with Crippen molar-refractivity contribution >= 4 is 23.0 Å². The molecule has 0 radical (unpaired) electrons. The average Bonchev–Trinajstić information content (AvgIpc) is 3.41. The largest absolute Gasteiger partial charge is 0.422 e. The third kappa shape index (κ3) is 2.64. The molecule has 3 fully saturated rings. The minimum Gasteiger partial charge on any atom is -0.422 e. The lowest BCUT2D eigenvalue weighted by molar-refractivity contribution is -0.138. The quantitative estimate of drug-likeness (QED) is 0.842. The highest BCUT2D eigenvalue weighted by atomic mass is 16.4. The molecule has 2 aliphatic heterocycles. The Kier molecular flexibility index (Phi) is 3.65. The Morgan fingerprint density at radius 1 is 1.27 bits per heavy atom. The Balaban J connectivity index is 1.44. The lowest BCUT2D eigenvalue weighted by Gasteiger charge is -2.48. The van der Waals surface area contributed by atoms with E-state index in [0.717, 1.165) is 50.2 Å². The molecule has 2 aromatic rings. The fourth-order valence-electron chi connectivity index (χ4n) is 4.65. The number of oxazole rings is 1. The zero-order chi connectivity index (χ0) is 17.7. The summed E-state index contributed by atoms with van der Waals surface area (Å²) >= 11 is 0. The molecular formula is C19H25N5O2. The fourth-order valence-corrected chi connectivity index (χ4v) is 4.65. The van der Waals surface area contributed by atoms with Crippen LogP contribution in [0.25, 0.3) is 11.2 Å². The maximum Gasteiger partial charge on any atom is 0.252 e. The van der Waals surface area contributed by atoms with Crippen LogP contribution in [0.2, 0.25) is 0 Å². The summed E-state index contributed by atoms with van der Waals surface area (Å²) in [4.78, 5) is 30.2. The summed E-state index contributed by atoms with van der Waals surface area (Å²) in [7, 11) is 0. The van der Waals surface area contributed by atoms with E-state index in [4.69, 9.17) is 4.42 Å². The van der Waals surface area contributed by atoms with Crippen LogP contribution in [0.3, 0.4) is 0 Å². The second kappa shape index (κ2) is 5.93. The van der Waals surface area contributed by atoms with Gasteiger partial charge in [0.1, 0.15) is 6.33 Å². The van der Waals surface area contributed by atoms with Gasteiger partial charge in [-0.25, -0.2) is 9.97 Å². The van der Waals surface area contributed by atoms with Crippen LogP contribution in [-0.4, -0.2) is 51.4 Å². The van der Waals surface area contributed by atoms with Crippen molar-refractivity contribution in [3.05, 3.63) is 12.2 Å². The van der Waals surface area contributed by atoms with E-state index >= 15 is 0 Å². The minimum atomic E-state index is 0.184. The number of aromatic nitrogens is 3. The zero-order valence-electron chi connectivity index (χ0n) is 15.3. The van der Waals surface area contributed by atoms with Crippen LogP contribution in [-0.2, 0) is 11.2 Å². The van der Waals surface area contributed by atoms with Crippen molar-refractivity contribution in [2.75, 3.05) is 24.5 Å². The topological polar surface area (TPSA) is 75.4 Å². The molecule has 1 atom stereocenters. The molecule has 0 N–H and O–H groups in total. The molecule has 26 heavy (non-hydrogen) atoms. The maximum absolute atomic E-state index is 12.3. The Morgan fingerprint density at radius 2 is 2.15 bits per heavy atom. The molecule has 2 aromatic heterocycles. The molecule has 4 heterocycles. The first kappa shape index (κ1) is 16.0. The Labute approximate surface area is 152 Å². The van der Waals surface area contributed by atoms with Crippen molar-refractivity contribution in [1.29, 1.82) is 0 Å². The SMILES string of the molecule is CCc1nc2c(N3CCC[C@@]4(CCC(=O)N(C5CC5)C4)C3)ncnc2o1. The van der Waals surface area contributed by atoms with E-state index in [1.54, 1.807) is 6.33 Å². The predicted octanol–water partition coefficient (Wildman–Crippen LogP) is 2.55. The van der Waals surface area contributed by atoms with Gasteiger partial charge in [0.2, 0.25) is 5.91 Å². The molecule has 1 aliphatic carbocycles. The van der Waals surface area contributed by atoms with E-state index in [1.165, 1.54) is 19.3 Å². The third-order valence-corrected chi connectivity index (χ3v) is 6.17. The molecule has 1 saturated carbocycles. The van der Waals surface area contributed by atoms with E-state index in [2.05, 4.69) is 24.8 Å². The summed E-state index contributed by atoms with van der Waals surface area (Å²) in [5.41, 5.74) is 1.53. The van der Waals surface area contributed by atoms with Crippen LogP contribution in [0, 0.1) is 5.41 Å². The van der Waals surface area contributed by atoms with Crippen molar-refractivity contribution in [2.24, 2.45) is 5.41 Å². The monoisotopic (exact) mass is 355 g/mol. The van der Waals surface area contributed by atoms with E-state index in [0.29, 0.717) is 30.0 Å². The Hall–Kier alpha value is -2.18. The third-order valence-electron chi connectivity index (χ3n) is 6.17. The number of piperidine rings is 2. The van der Waals surface area contributed by atoms with Crippen LogP contribution in [0.15, 0.2) is 10.7 Å². The number of hydrogen-bond acceptors (Lipinski definition) is 6. The number of amides is 1. The zero-order valence-corrected chi connectivity index (χ0v) is 15.3. The smallest absolute Gasteiger partial charge is 0.252 e. The van der Waals surface area contributed by atoms with E-state index in [9.17, 15) is 4.79 Å². The summed E-state index contributed by atoms with van der Waals surface area (Å²) in [6.45, 7) is 4.84. The van der Waals surface area contributed by atoms with Crippen LogP contribution in [0.4, 0.5) is 5.82 Å². The molecule has 0 bridgehead atoms. The lowest BCUT2D eigenvalue weighted by atomic mass is 9.73. The van der Waals surface area contributed by atoms with Crippen molar-refractivity contribution < 1.29 is 9.21 Å². The first-order valence-corrected chi connectivity index (χ1v) is 9.82. The summed E-state index contributed by atoms with van der Waals surface area (Å²) in [5, 5.41) is 0. The molecule has 1 spiro atoms. The number of rotatable bonds is 3. The van der Waals surface area contributed by atoms with Crippen molar-refractivity contribution in [2.45, 2.75) is 57.9 Å². The van der Waals surface area contributed by atoms with Gasteiger partial charge in [0.05, 0.1) is 0 Å². The fraction of sp³-hybridized carbons (Fsp3) is 0.684. The Bertz CT molecular complexity index is 846. The van der Waals surface area contributed by atoms with Gasteiger partial charge in [0.15, 0.2) is 17.2 Å². The van der Waals surface area contributed by atoms with Gasteiger partial charge in [-0.15, -0.1) is 0 Å². The van der Waals surface area contributed by atoms with Crippen LogP contribution in [0.5, 0.6) is 0 Å². The van der Waals surface area contributed by atoms with Gasteiger partial charge in [-0.05, 0) is 32.1 Å². The van der Waals surface area contributed by atoms with Crippen molar-refractivity contribution in [3.8, 4) is 0 Å².